The molecule has 1 atom stereocenters. The molecule has 1 aromatic carbocycles. The van der Waals surface area contributed by atoms with Gasteiger partial charge in [0.25, 0.3) is 0 Å². The second kappa shape index (κ2) is 7.84. The van der Waals surface area contributed by atoms with E-state index in [1.54, 1.807) is 0 Å². The summed E-state index contributed by atoms with van der Waals surface area (Å²) in [6.45, 7) is 2.75. The van der Waals surface area contributed by atoms with Crippen LogP contribution in [0.2, 0.25) is 0 Å². The van der Waals surface area contributed by atoms with E-state index < -0.39 is 11.6 Å². The Morgan fingerprint density at radius 2 is 2.00 bits per heavy atom. The van der Waals surface area contributed by atoms with Gasteiger partial charge in [0.05, 0.1) is 0 Å². The summed E-state index contributed by atoms with van der Waals surface area (Å²) in [4.78, 5) is 0. The summed E-state index contributed by atoms with van der Waals surface area (Å²) in [5, 5.41) is 3.24. The third kappa shape index (κ3) is 4.46. The van der Waals surface area contributed by atoms with E-state index in [4.69, 9.17) is 6.42 Å². The second-order valence-corrected chi connectivity index (χ2v) is 4.26. The first-order chi connectivity index (χ1) is 8.69. The van der Waals surface area contributed by atoms with Gasteiger partial charge in [-0.25, -0.2) is 8.78 Å². The van der Waals surface area contributed by atoms with Crippen molar-refractivity contribution >= 4 is 0 Å². The average Bonchev–Trinajstić information content (AvgIpc) is 2.34. The third-order valence-electron chi connectivity index (χ3n) is 2.88. The van der Waals surface area contributed by atoms with Crippen molar-refractivity contribution in [3.05, 3.63) is 35.4 Å². The van der Waals surface area contributed by atoms with Crippen molar-refractivity contribution in [1.82, 2.24) is 5.32 Å². The lowest BCUT2D eigenvalue weighted by Crippen LogP contribution is -2.31. The molecule has 98 valence electrons. The molecule has 18 heavy (non-hydrogen) atoms. The van der Waals surface area contributed by atoms with E-state index >= 15 is 0 Å². The lowest BCUT2D eigenvalue weighted by atomic mass is 10.00. The fourth-order valence-corrected chi connectivity index (χ4v) is 1.99. The van der Waals surface area contributed by atoms with E-state index in [0.717, 1.165) is 19.4 Å². The number of hydrogen-bond acceptors (Lipinski definition) is 1. The van der Waals surface area contributed by atoms with Gasteiger partial charge in [0.15, 0.2) is 0 Å². The first-order valence-electron chi connectivity index (χ1n) is 6.28. The summed E-state index contributed by atoms with van der Waals surface area (Å²) in [7, 11) is 0. The smallest absolute Gasteiger partial charge is 0.129 e. The van der Waals surface area contributed by atoms with Gasteiger partial charge in [-0.2, -0.15) is 0 Å². The minimum atomic E-state index is -0.477. The minimum Gasteiger partial charge on any atom is -0.314 e. The molecule has 0 aliphatic carbocycles. The Kier molecular flexibility index (Phi) is 6.38. The molecule has 0 aromatic heterocycles. The summed E-state index contributed by atoms with van der Waals surface area (Å²) < 4.78 is 27.1. The van der Waals surface area contributed by atoms with E-state index in [1.165, 1.54) is 18.2 Å². The Balaban J connectivity index is 2.67. The largest absolute Gasteiger partial charge is 0.314 e. The quantitative estimate of drug-likeness (QED) is 0.579. The fraction of sp³-hybridized carbons (Fsp3) is 0.467. The molecule has 3 heteroatoms. The van der Waals surface area contributed by atoms with Gasteiger partial charge < -0.3 is 5.32 Å². The van der Waals surface area contributed by atoms with Gasteiger partial charge in [0.2, 0.25) is 0 Å². The number of likely N-dealkylation sites (N-methyl/N-ethyl adjacent to an activating group) is 1. The van der Waals surface area contributed by atoms with Gasteiger partial charge in [-0.3, -0.25) is 0 Å². The molecule has 0 aliphatic rings. The predicted octanol–water partition coefficient (Wildman–Crippen LogP) is 3.29. The Hall–Kier alpha value is -1.40. The van der Waals surface area contributed by atoms with Gasteiger partial charge in [0.1, 0.15) is 11.6 Å². The normalized spacial score (nSPS) is 12.1. The van der Waals surface area contributed by atoms with Crippen LogP contribution in [0, 0.1) is 24.0 Å². The highest BCUT2D eigenvalue weighted by molar-refractivity contribution is 5.20. The lowest BCUT2D eigenvalue weighted by Gasteiger charge is -2.18. The number of unbranched alkanes of at least 4 members (excludes halogenated alkanes) is 1. The summed E-state index contributed by atoms with van der Waals surface area (Å²) in [5.41, 5.74) is 0.157. The van der Waals surface area contributed by atoms with E-state index in [0.29, 0.717) is 12.8 Å². The van der Waals surface area contributed by atoms with Gasteiger partial charge >= 0.3 is 0 Å². The molecule has 0 radical (unpaired) electrons. The van der Waals surface area contributed by atoms with Crippen LogP contribution in [-0.2, 0) is 6.42 Å². The molecule has 0 bridgehead atoms. The van der Waals surface area contributed by atoms with Crippen molar-refractivity contribution in [2.75, 3.05) is 6.54 Å². The summed E-state index contributed by atoms with van der Waals surface area (Å²) in [6.07, 6.45) is 7.94. The number of rotatable bonds is 7. The van der Waals surface area contributed by atoms with Crippen molar-refractivity contribution in [2.24, 2.45) is 0 Å². The molecule has 0 spiro atoms. The van der Waals surface area contributed by atoms with Crippen molar-refractivity contribution in [2.45, 2.75) is 38.6 Å². The maximum Gasteiger partial charge on any atom is 0.129 e. The van der Waals surface area contributed by atoms with Gasteiger partial charge in [0, 0.05) is 18.0 Å². The molecule has 1 unspecified atom stereocenters. The molecular weight excluding hydrogens is 232 g/mol. The fourth-order valence-electron chi connectivity index (χ4n) is 1.99. The molecule has 1 nitrogen and oxygen atoms in total. The Morgan fingerprint density at radius 3 is 2.56 bits per heavy atom. The van der Waals surface area contributed by atoms with Crippen LogP contribution in [0.4, 0.5) is 8.78 Å². The predicted molar refractivity (Wildman–Crippen MR) is 70.2 cm³/mol. The molecule has 0 fully saturated rings. The van der Waals surface area contributed by atoms with Crippen LogP contribution in [0.1, 0.15) is 31.7 Å². The van der Waals surface area contributed by atoms with Gasteiger partial charge in [-0.05, 0) is 37.9 Å². The number of hydrogen-bond donors (Lipinski definition) is 1. The van der Waals surface area contributed by atoms with Crippen molar-refractivity contribution in [3.63, 3.8) is 0 Å². The highest BCUT2D eigenvalue weighted by Gasteiger charge is 2.14. The number of halogens is 2. The molecule has 0 heterocycles. The Labute approximate surface area is 108 Å². The van der Waals surface area contributed by atoms with Crippen molar-refractivity contribution < 1.29 is 8.78 Å². The van der Waals surface area contributed by atoms with E-state index in [-0.39, 0.29) is 11.6 Å². The van der Waals surface area contributed by atoms with Crippen molar-refractivity contribution in [3.8, 4) is 12.3 Å². The summed E-state index contributed by atoms with van der Waals surface area (Å²) in [5.74, 6) is 1.62. The van der Waals surface area contributed by atoms with Crippen LogP contribution in [-0.4, -0.2) is 12.6 Å². The monoisotopic (exact) mass is 251 g/mol. The van der Waals surface area contributed by atoms with Crippen LogP contribution in [0.25, 0.3) is 0 Å². The van der Waals surface area contributed by atoms with Crippen LogP contribution in [0.15, 0.2) is 18.2 Å². The molecule has 0 aliphatic heterocycles. The SMILES string of the molecule is C#CCCCC(Cc1c(F)cccc1F)NCC. The second-order valence-electron chi connectivity index (χ2n) is 4.26. The first kappa shape index (κ1) is 14.7. The Morgan fingerprint density at radius 1 is 1.33 bits per heavy atom. The van der Waals surface area contributed by atoms with Crippen LogP contribution < -0.4 is 5.32 Å². The number of benzene rings is 1. The maximum atomic E-state index is 13.5. The first-order valence-corrected chi connectivity index (χ1v) is 6.28. The molecule has 1 rings (SSSR count). The van der Waals surface area contributed by atoms with Crippen molar-refractivity contribution in [1.29, 1.82) is 0 Å². The number of terminal acetylenes is 1. The van der Waals surface area contributed by atoms with Gasteiger partial charge in [-0.1, -0.05) is 13.0 Å². The average molecular weight is 251 g/mol. The standard InChI is InChI=1S/C15H19F2N/c1-3-5-6-8-12(18-4-2)11-13-14(16)9-7-10-15(13)17/h1,7,9-10,12,18H,4-6,8,11H2,2H3. The summed E-state index contributed by atoms with van der Waals surface area (Å²) in [6, 6.07) is 4.04. The maximum absolute atomic E-state index is 13.5. The molecule has 0 amide bonds. The number of nitrogens with one attached hydrogen (secondary N) is 1. The molecule has 0 saturated heterocycles. The van der Waals surface area contributed by atoms with Gasteiger partial charge in [-0.15, -0.1) is 12.3 Å². The summed E-state index contributed by atoms with van der Waals surface area (Å²) >= 11 is 0. The molecule has 0 saturated carbocycles. The topological polar surface area (TPSA) is 12.0 Å². The van der Waals surface area contributed by atoms with E-state index in [1.807, 2.05) is 6.92 Å². The highest BCUT2D eigenvalue weighted by atomic mass is 19.1. The zero-order valence-electron chi connectivity index (χ0n) is 10.7. The molecule has 1 aromatic rings. The van der Waals surface area contributed by atoms with Crippen LogP contribution in [0.3, 0.4) is 0 Å². The van der Waals surface area contributed by atoms with E-state index in [2.05, 4.69) is 11.2 Å². The molecule has 1 N–H and O–H groups in total. The third-order valence-corrected chi connectivity index (χ3v) is 2.88. The Bertz CT molecular complexity index is 389. The van der Waals surface area contributed by atoms with E-state index in [9.17, 15) is 8.78 Å². The molecular formula is C15H19F2N. The lowest BCUT2D eigenvalue weighted by molar-refractivity contribution is 0.456. The highest BCUT2D eigenvalue weighted by Crippen LogP contribution is 2.16. The zero-order chi connectivity index (χ0) is 13.4. The zero-order valence-corrected chi connectivity index (χ0v) is 10.7. The minimum absolute atomic E-state index is 0.0646. The van der Waals surface area contributed by atoms with Crippen LogP contribution >= 0.6 is 0 Å². The van der Waals surface area contributed by atoms with Crippen LogP contribution in [0.5, 0.6) is 0 Å².